The van der Waals surface area contributed by atoms with Gasteiger partial charge in [-0.25, -0.2) is 0 Å². The molecular weight excluding hydrogens is 416 g/mol. The van der Waals surface area contributed by atoms with Crippen LogP contribution in [-0.4, -0.2) is 43.2 Å². The normalized spacial score (nSPS) is 14.6. The molecule has 0 aromatic heterocycles. The third-order valence-corrected chi connectivity index (χ3v) is 5.86. The molecule has 1 saturated heterocycles. The Morgan fingerprint density at radius 1 is 0.848 bits per heavy atom. The predicted molar refractivity (Wildman–Crippen MR) is 130 cm³/mol. The fourth-order valence-electron chi connectivity index (χ4n) is 4.15. The third kappa shape index (κ3) is 5.59. The summed E-state index contributed by atoms with van der Waals surface area (Å²) in [6, 6.07) is 23.9. The lowest BCUT2D eigenvalue weighted by Crippen LogP contribution is -2.25. The van der Waals surface area contributed by atoms with Crippen molar-refractivity contribution in [3.63, 3.8) is 0 Å². The van der Waals surface area contributed by atoms with Crippen LogP contribution in [-0.2, 0) is 0 Å². The molecular formula is C27H28N2O4. The molecule has 1 fully saturated rings. The molecule has 1 heterocycles. The number of methoxy groups -OCH3 is 1. The van der Waals surface area contributed by atoms with E-state index < -0.39 is 0 Å². The van der Waals surface area contributed by atoms with E-state index in [1.54, 1.807) is 31.4 Å². The zero-order chi connectivity index (χ0) is 23.0. The summed E-state index contributed by atoms with van der Waals surface area (Å²) in [5.41, 5.74) is 2.67. The zero-order valence-electron chi connectivity index (χ0n) is 18.8. The summed E-state index contributed by atoms with van der Waals surface area (Å²) in [5.74, 6) is 1.41. The maximum Gasteiger partial charge on any atom is 0.284 e. The first-order valence-corrected chi connectivity index (χ1v) is 11.2. The lowest BCUT2D eigenvalue weighted by Gasteiger charge is -2.15. The van der Waals surface area contributed by atoms with Gasteiger partial charge >= 0.3 is 0 Å². The number of benzene rings is 3. The lowest BCUT2D eigenvalue weighted by molar-refractivity contribution is -0.374. The van der Waals surface area contributed by atoms with Crippen molar-refractivity contribution in [2.75, 3.05) is 33.4 Å². The molecule has 0 amide bonds. The average molecular weight is 445 g/mol. The van der Waals surface area contributed by atoms with Crippen LogP contribution in [0.25, 0.3) is 11.3 Å². The molecule has 0 unspecified atom stereocenters. The van der Waals surface area contributed by atoms with E-state index in [0.29, 0.717) is 29.2 Å². The second-order valence-corrected chi connectivity index (χ2v) is 8.00. The molecule has 170 valence electrons. The lowest BCUT2D eigenvalue weighted by atomic mass is 9.93. The van der Waals surface area contributed by atoms with Crippen molar-refractivity contribution in [1.82, 2.24) is 4.90 Å². The van der Waals surface area contributed by atoms with Crippen LogP contribution in [0.3, 0.4) is 0 Å². The van der Waals surface area contributed by atoms with E-state index in [1.165, 1.54) is 12.8 Å². The summed E-state index contributed by atoms with van der Waals surface area (Å²) < 4.78 is 11.1. The van der Waals surface area contributed by atoms with Gasteiger partial charge in [-0.2, -0.15) is 0 Å². The predicted octanol–water partition coefficient (Wildman–Crippen LogP) is 5.36. The zero-order valence-corrected chi connectivity index (χ0v) is 18.8. The number of rotatable bonds is 9. The number of hydrogen-bond acceptors (Lipinski definition) is 5. The summed E-state index contributed by atoms with van der Waals surface area (Å²) in [5, 5.41) is 12.3. The van der Waals surface area contributed by atoms with Gasteiger partial charge in [0.05, 0.1) is 23.2 Å². The van der Waals surface area contributed by atoms with Gasteiger partial charge in [-0.05, 0) is 73.5 Å². The molecule has 3 aromatic rings. The van der Waals surface area contributed by atoms with Crippen LogP contribution in [0.1, 0.15) is 29.5 Å². The molecule has 6 heteroatoms. The first-order chi connectivity index (χ1) is 16.2. The van der Waals surface area contributed by atoms with E-state index >= 15 is 0 Å². The minimum Gasteiger partial charge on any atom is -0.497 e. The van der Waals surface area contributed by atoms with E-state index in [9.17, 15) is 10.1 Å². The standard InChI is InChI=1S/C27H28N2O4/c1-32-24-13-9-22(10-14-24)26(21-7-3-2-4-8-21)27(29(30)31)23-11-15-25(16-12-23)33-20-19-28-17-5-6-18-28/h2-4,7-16H,5-6,17-20H2,1H3. The van der Waals surface area contributed by atoms with Gasteiger partial charge in [-0.1, -0.05) is 42.5 Å². The highest BCUT2D eigenvalue weighted by Crippen LogP contribution is 2.34. The monoisotopic (exact) mass is 444 g/mol. The van der Waals surface area contributed by atoms with Gasteiger partial charge in [0.25, 0.3) is 5.70 Å². The van der Waals surface area contributed by atoms with Crippen LogP contribution in [0.15, 0.2) is 78.9 Å². The Kier molecular flexibility index (Phi) is 7.37. The fraction of sp³-hybridized carbons (Fsp3) is 0.259. The van der Waals surface area contributed by atoms with Crippen LogP contribution < -0.4 is 9.47 Å². The van der Waals surface area contributed by atoms with Crippen molar-refractivity contribution >= 4 is 11.3 Å². The number of nitro groups is 1. The van der Waals surface area contributed by atoms with E-state index in [-0.39, 0.29) is 10.6 Å². The minimum absolute atomic E-state index is 0.0509. The Morgan fingerprint density at radius 3 is 2.03 bits per heavy atom. The number of nitrogens with zero attached hydrogens (tertiary/aromatic N) is 2. The van der Waals surface area contributed by atoms with Crippen LogP contribution in [0, 0.1) is 10.1 Å². The first kappa shape index (κ1) is 22.6. The maximum absolute atomic E-state index is 12.3. The van der Waals surface area contributed by atoms with E-state index in [0.717, 1.165) is 30.8 Å². The molecule has 1 aliphatic rings. The Morgan fingerprint density at radius 2 is 1.42 bits per heavy atom. The molecule has 4 rings (SSSR count). The van der Waals surface area contributed by atoms with Crippen LogP contribution in [0.5, 0.6) is 11.5 Å². The van der Waals surface area contributed by atoms with Crippen LogP contribution in [0.4, 0.5) is 0 Å². The Balaban J connectivity index is 1.66. The SMILES string of the molecule is COc1ccc(C(=C(c2ccc(OCCN3CCCC3)cc2)[N+](=O)[O-])c2ccccc2)cc1. The van der Waals surface area contributed by atoms with Gasteiger partial charge in [0.1, 0.15) is 18.1 Å². The van der Waals surface area contributed by atoms with Crippen LogP contribution in [0.2, 0.25) is 0 Å². The van der Waals surface area contributed by atoms with Gasteiger partial charge in [0.2, 0.25) is 0 Å². The average Bonchev–Trinajstić information content (AvgIpc) is 3.37. The summed E-state index contributed by atoms with van der Waals surface area (Å²) >= 11 is 0. The molecule has 0 saturated carbocycles. The second kappa shape index (κ2) is 10.8. The highest BCUT2D eigenvalue weighted by Gasteiger charge is 2.24. The van der Waals surface area contributed by atoms with E-state index in [4.69, 9.17) is 9.47 Å². The van der Waals surface area contributed by atoms with Gasteiger partial charge < -0.3 is 9.47 Å². The van der Waals surface area contributed by atoms with E-state index in [2.05, 4.69) is 4.90 Å². The molecule has 0 atom stereocenters. The number of likely N-dealkylation sites (tertiary alicyclic amines) is 1. The van der Waals surface area contributed by atoms with Gasteiger partial charge in [0, 0.05) is 6.54 Å². The Hall–Kier alpha value is -3.64. The first-order valence-electron chi connectivity index (χ1n) is 11.2. The van der Waals surface area contributed by atoms with Crippen molar-refractivity contribution < 1.29 is 14.4 Å². The molecule has 1 aliphatic heterocycles. The summed E-state index contributed by atoms with van der Waals surface area (Å²) in [7, 11) is 1.60. The van der Waals surface area contributed by atoms with Crippen molar-refractivity contribution in [3.8, 4) is 11.5 Å². The molecule has 6 nitrogen and oxygen atoms in total. The fourth-order valence-corrected chi connectivity index (χ4v) is 4.15. The molecule has 0 spiro atoms. The summed E-state index contributed by atoms with van der Waals surface area (Å²) in [6.07, 6.45) is 2.51. The molecule has 3 aromatic carbocycles. The maximum atomic E-state index is 12.3. The topological polar surface area (TPSA) is 64.8 Å². The largest absolute Gasteiger partial charge is 0.497 e. The highest BCUT2D eigenvalue weighted by atomic mass is 16.6. The minimum atomic E-state index is -0.310. The van der Waals surface area contributed by atoms with Gasteiger partial charge in [0.15, 0.2) is 0 Å². The Labute approximate surface area is 194 Å². The molecule has 33 heavy (non-hydrogen) atoms. The van der Waals surface area contributed by atoms with E-state index in [1.807, 2.05) is 54.6 Å². The van der Waals surface area contributed by atoms with Crippen molar-refractivity contribution in [2.45, 2.75) is 12.8 Å². The van der Waals surface area contributed by atoms with Gasteiger partial charge in [-0.15, -0.1) is 0 Å². The van der Waals surface area contributed by atoms with Crippen molar-refractivity contribution in [2.24, 2.45) is 0 Å². The summed E-state index contributed by atoms with van der Waals surface area (Å²) in [4.78, 5) is 14.4. The smallest absolute Gasteiger partial charge is 0.284 e. The molecule has 0 aliphatic carbocycles. The quantitative estimate of drug-likeness (QED) is 0.252. The number of hydrogen-bond donors (Lipinski definition) is 0. The van der Waals surface area contributed by atoms with Crippen molar-refractivity contribution in [3.05, 3.63) is 106 Å². The third-order valence-electron chi connectivity index (χ3n) is 5.86. The number of ether oxygens (including phenoxy) is 2. The Bertz CT molecular complexity index is 1090. The van der Waals surface area contributed by atoms with Crippen LogP contribution >= 0.6 is 0 Å². The highest BCUT2D eigenvalue weighted by molar-refractivity contribution is 5.95. The second-order valence-electron chi connectivity index (χ2n) is 8.00. The molecule has 0 bridgehead atoms. The van der Waals surface area contributed by atoms with Gasteiger partial charge in [-0.3, -0.25) is 15.0 Å². The summed E-state index contributed by atoms with van der Waals surface area (Å²) in [6.45, 7) is 3.77. The molecule has 0 N–H and O–H groups in total. The molecule has 0 radical (unpaired) electrons. The van der Waals surface area contributed by atoms with Crippen molar-refractivity contribution in [1.29, 1.82) is 0 Å².